The molecule has 3 rings (SSSR count). The molecule has 0 unspecified atom stereocenters. The molecule has 0 spiro atoms. The summed E-state index contributed by atoms with van der Waals surface area (Å²) in [6.45, 7) is 1.20. The van der Waals surface area contributed by atoms with E-state index in [1.54, 1.807) is 6.07 Å². The number of nitro groups is 1. The lowest BCUT2D eigenvalue weighted by molar-refractivity contribution is -0.385. The Bertz CT molecular complexity index is 923. The minimum Gasteiger partial charge on any atom is -0.493 e. The number of ether oxygens (including phenoxy) is 2. The van der Waals surface area contributed by atoms with Crippen LogP contribution in [0, 0.1) is 15.9 Å². The first-order valence-electron chi connectivity index (χ1n) is 8.19. The van der Waals surface area contributed by atoms with Crippen LogP contribution in [0.25, 0.3) is 0 Å². The van der Waals surface area contributed by atoms with Gasteiger partial charge in [-0.3, -0.25) is 14.9 Å². The molecule has 2 aromatic carbocycles. The first-order chi connectivity index (χ1) is 13.0. The number of rotatable bonds is 5. The summed E-state index contributed by atoms with van der Waals surface area (Å²) < 4.78 is 24.9. The Labute approximate surface area is 166 Å². The largest absolute Gasteiger partial charge is 0.493 e. The number of benzene rings is 2. The minimum absolute atomic E-state index is 0. The van der Waals surface area contributed by atoms with Crippen LogP contribution in [0.5, 0.6) is 11.5 Å². The molecule has 1 amide bonds. The Kier molecular flexibility index (Phi) is 6.76. The van der Waals surface area contributed by atoms with Gasteiger partial charge in [0, 0.05) is 12.6 Å². The van der Waals surface area contributed by atoms with Crippen molar-refractivity contribution in [2.75, 3.05) is 26.1 Å². The van der Waals surface area contributed by atoms with Gasteiger partial charge in [0.15, 0.2) is 11.5 Å². The van der Waals surface area contributed by atoms with Crippen LogP contribution in [0.15, 0.2) is 24.3 Å². The second-order valence-electron chi connectivity index (χ2n) is 5.93. The van der Waals surface area contributed by atoms with E-state index in [0.717, 1.165) is 11.6 Å². The number of hydrogen-bond acceptors (Lipinski definition) is 6. The van der Waals surface area contributed by atoms with Crippen molar-refractivity contribution in [2.24, 2.45) is 0 Å². The molecule has 0 fully saturated rings. The van der Waals surface area contributed by atoms with Gasteiger partial charge in [0.25, 0.3) is 11.6 Å². The van der Waals surface area contributed by atoms with E-state index in [4.69, 9.17) is 9.47 Å². The van der Waals surface area contributed by atoms with Crippen molar-refractivity contribution in [3.8, 4) is 11.5 Å². The highest BCUT2D eigenvalue weighted by Crippen LogP contribution is 2.35. The van der Waals surface area contributed by atoms with Crippen LogP contribution < -0.4 is 20.1 Å². The number of methoxy groups -OCH3 is 2. The molecule has 2 aromatic rings. The summed E-state index contributed by atoms with van der Waals surface area (Å²) in [6, 6.07) is 5.48. The van der Waals surface area contributed by atoms with Gasteiger partial charge in [-0.1, -0.05) is 6.07 Å². The molecule has 2 N–H and O–H groups in total. The Morgan fingerprint density at radius 2 is 1.93 bits per heavy atom. The average Bonchev–Trinajstić information content (AvgIpc) is 2.69. The Hall–Kier alpha value is -2.91. The van der Waals surface area contributed by atoms with Gasteiger partial charge in [-0.15, -0.1) is 12.4 Å². The fourth-order valence-electron chi connectivity index (χ4n) is 3.02. The van der Waals surface area contributed by atoms with Crippen molar-refractivity contribution in [3.63, 3.8) is 0 Å². The molecule has 0 saturated heterocycles. The summed E-state index contributed by atoms with van der Waals surface area (Å²) in [7, 11) is 2.68. The monoisotopic (exact) mass is 411 g/mol. The number of amides is 1. The summed E-state index contributed by atoms with van der Waals surface area (Å²) in [6.07, 6.45) is 0.501. The van der Waals surface area contributed by atoms with Crippen molar-refractivity contribution in [3.05, 3.63) is 56.9 Å². The number of nitrogens with zero attached hydrogens (tertiary/aromatic N) is 1. The summed E-state index contributed by atoms with van der Waals surface area (Å²) in [5, 5.41) is 16.9. The van der Waals surface area contributed by atoms with Crippen LogP contribution in [0.3, 0.4) is 0 Å². The maximum Gasteiger partial charge on any atom is 0.286 e. The quantitative estimate of drug-likeness (QED) is 0.579. The molecule has 0 atom stereocenters. The van der Waals surface area contributed by atoms with Gasteiger partial charge in [0.1, 0.15) is 11.4 Å². The Morgan fingerprint density at radius 3 is 2.57 bits per heavy atom. The van der Waals surface area contributed by atoms with Crippen molar-refractivity contribution < 1.29 is 23.6 Å². The highest BCUT2D eigenvalue weighted by Gasteiger charge is 2.26. The van der Waals surface area contributed by atoms with Gasteiger partial charge in [-0.05, 0) is 30.2 Å². The molecule has 1 aliphatic heterocycles. The molecule has 0 radical (unpaired) electrons. The molecular formula is C18H19ClFN3O5. The molecular weight excluding hydrogens is 393 g/mol. The van der Waals surface area contributed by atoms with E-state index >= 15 is 0 Å². The lowest BCUT2D eigenvalue weighted by Gasteiger charge is -2.19. The van der Waals surface area contributed by atoms with E-state index in [0.29, 0.717) is 25.1 Å². The third-order valence-corrected chi connectivity index (χ3v) is 4.40. The van der Waals surface area contributed by atoms with E-state index in [9.17, 15) is 19.3 Å². The Balaban J connectivity index is 0.00000280. The molecule has 10 heteroatoms. The molecule has 0 aliphatic carbocycles. The van der Waals surface area contributed by atoms with Crippen LogP contribution in [-0.2, 0) is 13.0 Å². The topological polar surface area (TPSA) is 103 Å². The van der Waals surface area contributed by atoms with Gasteiger partial charge in [-0.25, -0.2) is 4.39 Å². The number of fused-ring (bicyclic) bond motifs is 1. The Morgan fingerprint density at radius 1 is 1.25 bits per heavy atom. The van der Waals surface area contributed by atoms with Crippen molar-refractivity contribution >= 4 is 29.7 Å². The summed E-state index contributed by atoms with van der Waals surface area (Å²) in [4.78, 5) is 23.3. The number of halogens is 2. The highest BCUT2D eigenvalue weighted by atomic mass is 35.5. The third-order valence-electron chi connectivity index (χ3n) is 4.40. The average molecular weight is 412 g/mol. The molecule has 8 nitrogen and oxygen atoms in total. The number of nitrogens with one attached hydrogen (secondary N) is 2. The van der Waals surface area contributed by atoms with Crippen LogP contribution >= 0.6 is 12.4 Å². The molecule has 0 saturated carbocycles. The zero-order chi connectivity index (χ0) is 19.6. The molecule has 0 bridgehead atoms. The van der Waals surface area contributed by atoms with Crippen LogP contribution in [0.1, 0.15) is 21.5 Å². The van der Waals surface area contributed by atoms with E-state index in [2.05, 4.69) is 10.6 Å². The second-order valence-corrected chi connectivity index (χ2v) is 5.93. The molecule has 1 aliphatic rings. The highest BCUT2D eigenvalue weighted by molar-refractivity contribution is 6.07. The molecule has 150 valence electrons. The number of hydrogen-bond donors (Lipinski definition) is 2. The molecule has 1 heterocycles. The predicted octanol–water partition coefficient (Wildman–Crippen LogP) is 3.07. The zero-order valence-electron chi connectivity index (χ0n) is 15.2. The number of anilines is 1. The molecule has 0 aromatic heterocycles. The summed E-state index contributed by atoms with van der Waals surface area (Å²) in [5.41, 5.74) is 0.621. The first-order valence-corrected chi connectivity index (χ1v) is 8.19. The maximum atomic E-state index is 14.7. The SMILES string of the molecule is COc1cc(C(=O)Nc2ccc3c(c2F)CCNC3)c([N+](=O)[O-])cc1OC.Cl. The van der Waals surface area contributed by atoms with E-state index in [1.807, 2.05) is 0 Å². The van der Waals surface area contributed by atoms with Crippen LogP contribution in [-0.4, -0.2) is 31.6 Å². The smallest absolute Gasteiger partial charge is 0.286 e. The zero-order valence-corrected chi connectivity index (χ0v) is 16.0. The van der Waals surface area contributed by atoms with Gasteiger partial charge in [0.2, 0.25) is 0 Å². The standard InChI is InChI=1S/C18H18FN3O5.ClH/c1-26-15-7-12(14(22(24)25)8-16(15)27-2)18(23)21-13-4-3-10-9-20-6-5-11(10)17(13)19;/h3-4,7-8,20H,5-6,9H2,1-2H3,(H,21,23);1H. The van der Waals surface area contributed by atoms with E-state index in [-0.39, 0.29) is 35.2 Å². The van der Waals surface area contributed by atoms with E-state index < -0.39 is 22.3 Å². The summed E-state index contributed by atoms with van der Waals surface area (Å²) in [5.74, 6) is -1.06. The van der Waals surface area contributed by atoms with Crippen molar-refractivity contribution in [1.29, 1.82) is 0 Å². The predicted molar refractivity (Wildman–Crippen MR) is 103 cm³/mol. The van der Waals surface area contributed by atoms with Gasteiger partial charge in [-0.2, -0.15) is 0 Å². The fourth-order valence-corrected chi connectivity index (χ4v) is 3.02. The lowest BCUT2D eigenvalue weighted by atomic mass is 9.99. The number of nitro benzene ring substituents is 1. The van der Waals surface area contributed by atoms with Gasteiger partial charge < -0.3 is 20.1 Å². The van der Waals surface area contributed by atoms with Crippen LogP contribution in [0.4, 0.5) is 15.8 Å². The number of carbonyl (C=O) groups excluding carboxylic acids is 1. The number of carbonyl (C=O) groups is 1. The minimum atomic E-state index is -0.810. The van der Waals surface area contributed by atoms with E-state index in [1.165, 1.54) is 26.4 Å². The normalized spacial score (nSPS) is 12.4. The third kappa shape index (κ3) is 4.00. The maximum absolute atomic E-state index is 14.7. The first kappa shape index (κ1) is 21.4. The van der Waals surface area contributed by atoms with Crippen molar-refractivity contribution in [2.45, 2.75) is 13.0 Å². The fraction of sp³-hybridized carbons (Fsp3) is 0.278. The summed E-state index contributed by atoms with van der Waals surface area (Å²) >= 11 is 0. The van der Waals surface area contributed by atoms with Crippen LogP contribution in [0.2, 0.25) is 0 Å². The second kappa shape index (κ2) is 8.85. The molecule has 28 heavy (non-hydrogen) atoms. The lowest BCUT2D eigenvalue weighted by Crippen LogP contribution is -2.25. The van der Waals surface area contributed by atoms with Crippen molar-refractivity contribution in [1.82, 2.24) is 5.32 Å². The van der Waals surface area contributed by atoms with Gasteiger partial charge >= 0.3 is 0 Å². The van der Waals surface area contributed by atoms with Gasteiger partial charge in [0.05, 0.1) is 30.9 Å².